The number of aromatic nitrogens is 4. The normalized spacial score (nSPS) is 23.1. The van der Waals surface area contributed by atoms with Gasteiger partial charge in [0.05, 0.1) is 6.54 Å². The zero-order chi connectivity index (χ0) is 10.5. The molecule has 0 amide bonds. The van der Waals surface area contributed by atoms with Crippen LogP contribution in [0, 0.1) is 0 Å². The zero-order valence-corrected chi connectivity index (χ0v) is 9.03. The minimum Gasteiger partial charge on any atom is -0.314 e. The quantitative estimate of drug-likeness (QED) is 0.628. The summed E-state index contributed by atoms with van der Waals surface area (Å²) in [5, 5.41) is 20.6. The van der Waals surface area contributed by atoms with Gasteiger partial charge in [-0.2, -0.15) is 5.21 Å². The van der Waals surface area contributed by atoms with E-state index in [1.807, 2.05) is 0 Å². The molecule has 1 saturated heterocycles. The van der Waals surface area contributed by atoms with Gasteiger partial charge in [0.1, 0.15) is 0 Å². The van der Waals surface area contributed by atoms with E-state index in [-0.39, 0.29) is 0 Å². The third-order valence-electron chi connectivity index (χ3n) is 2.80. The molecule has 0 aliphatic carbocycles. The van der Waals surface area contributed by atoms with E-state index in [1.54, 1.807) is 0 Å². The summed E-state index contributed by atoms with van der Waals surface area (Å²) in [6.07, 6.45) is 3.77. The van der Waals surface area contributed by atoms with Crippen molar-refractivity contribution in [3.05, 3.63) is 5.82 Å². The first-order valence-corrected chi connectivity index (χ1v) is 5.53. The van der Waals surface area contributed by atoms with Gasteiger partial charge in [0.25, 0.3) is 0 Å². The monoisotopic (exact) mass is 210 g/mol. The van der Waals surface area contributed by atoms with Crippen LogP contribution >= 0.6 is 0 Å². The molecule has 1 aromatic rings. The van der Waals surface area contributed by atoms with Crippen LogP contribution in [0.1, 0.15) is 32.0 Å². The highest BCUT2D eigenvalue weighted by molar-refractivity contribution is 4.81. The molecule has 1 aliphatic rings. The van der Waals surface area contributed by atoms with Crippen molar-refractivity contribution in [1.29, 1.82) is 0 Å². The first-order chi connectivity index (χ1) is 7.34. The van der Waals surface area contributed by atoms with Gasteiger partial charge in [0, 0.05) is 12.1 Å². The van der Waals surface area contributed by atoms with Gasteiger partial charge in [0.15, 0.2) is 5.82 Å². The van der Waals surface area contributed by atoms with Gasteiger partial charge in [-0.15, -0.1) is 10.2 Å². The summed E-state index contributed by atoms with van der Waals surface area (Å²) in [5.41, 5.74) is 0. The average molecular weight is 210 g/mol. The van der Waals surface area contributed by atoms with Gasteiger partial charge < -0.3 is 10.6 Å². The van der Waals surface area contributed by atoms with Gasteiger partial charge >= 0.3 is 0 Å². The minimum atomic E-state index is 0.485. The molecule has 0 spiro atoms. The molecule has 3 N–H and O–H groups in total. The number of nitrogens with zero attached hydrogens (tertiary/aromatic N) is 3. The molecular weight excluding hydrogens is 192 g/mol. The highest BCUT2D eigenvalue weighted by Gasteiger charge is 2.16. The van der Waals surface area contributed by atoms with Crippen LogP contribution in [-0.4, -0.2) is 39.3 Å². The van der Waals surface area contributed by atoms with Crippen molar-refractivity contribution in [1.82, 2.24) is 31.3 Å². The Hall–Kier alpha value is -1.01. The summed E-state index contributed by atoms with van der Waals surface area (Å²) < 4.78 is 0. The van der Waals surface area contributed by atoms with Crippen LogP contribution in [0.5, 0.6) is 0 Å². The summed E-state index contributed by atoms with van der Waals surface area (Å²) in [7, 11) is 0. The molecule has 0 saturated carbocycles. The predicted molar refractivity (Wildman–Crippen MR) is 56.1 cm³/mol. The topological polar surface area (TPSA) is 78.5 Å². The van der Waals surface area contributed by atoms with Crippen molar-refractivity contribution >= 4 is 0 Å². The van der Waals surface area contributed by atoms with Crippen molar-refractivity contribution in [2.24, 2.45) is 0 Å². The summed E-state index contributed by atoms with van der Waals surface area (Å²) in [4.78, 5) is 0. The Morgan fingerprint density at radius 1 is 1.60 bits per heavy atom. The molecule has 2 unspecified atom stereocenters. The van der Waals surface area contributed by atoms with Crippen LogP contribution in [0.4, 0.5) is 0 Å². The summed E-state index contributed by atoms with van der Waals surface area (Å²) in [6, 6.07) is 1.16. The molecule has 0 aromatic carbocycles. The Kier molecular flexibility index (Phi) is 3.63. The fourth-order valence-corrected chi connectivity index (χ4v) is 1.99. The maximum atomic E-state index is 3.89. The van der Waals surface area contributed by atoms with Crippen molar-refractivity contribution in [2.75, 3.05) is 6.54 Å². The summed E-state index contributed by atoms with van der Waals surface area (Å²) in [5.74, 6) is 0.723. The summed E-state index contributed by atoms with van der Waals surface area (Å²) in [6.45, 7) is 4.05. The lowest BCUT2D eigenvalue weighted by Gasteiger charge is -2.17. The number of hydrogen-bond acceptors (Lipinski definition) is 5. The number of tetrazole rings is 1. The Balaban J connectivity index is 1.66. The second kappa shape index (κ2) is 5.18. The second-order valence-corrected chi connectivity index (χ2v) is 4.14. The van der Waals surface area contributed by atoms with Gasteiger partial charge in [-0.1, -0.05) is 5.21 Å². The van der Waals surface area contributed by atoms with E-state index in [0.29, 0.717) is 18.6 Å². The van der Waals surface area contributed by atoms with Crippen molar-refractivity contribution in [3.8, 4) is 0 Å². The van der Waals surface area contributed by atoms with Gasteiger partial charge in [-0.25, -0.2) is 0 Å². The standard InChI is InChI=1S/C9H18N6/c1-7(5-8-3-2-4-10-8)11-6-9-12-14-15-13-9/h7-8,10-11H,2-6H2,1H3,(H,12,13,14,15). The molecule has 6 nitrogen and oxygen atoms in total. The lowest BCUT2D eigenvalue weighted by Crippen LogP contribution is -2.33. The van der Waals surface area contributed by atoms with E-state index in [2.05, 4.69) is 38.2 Å². The average Bonchev–Trinajstić information content (AvgIpc) is 2.86. The smallest absolute Gasteiger partial charge is 0.188 e. The lowest BCUT2D eigenvalue weighted by molar-refractivity contribution is 0.435. The largest absolute Gasteiger partial charge is 0.314 e. The Morgan fingerprint density at radius 2 is 2.53 bits per heavy atom. The Morgan fingerprint density at radius 3 is 3.20 bits per heavy atom. The second-order valence-electron chi connectivity index (χ2n) is 4.14. The first kappa shape index (κ1) is 10.5. The predicted octanol–water partition coefficient (Wildman–Crippen LogP) is -0.180. The molecule has 6 heteroatoms. The number of nitrogens with one attached hydrogen (secondary N) is 3. The Bertz CT molecular complexity index is 266. The Labute approximate surface area is 89.2 Å². The number of aromatic amines is 1. The number of H-pyrrole nitrogens is 1. The van der Waals surface area contributed by atoms with Crippen LogP contribution in [0.2, 0.25) is 0 Å². The van der Waals surface area contributed by atoms with Crippen LogP contribution < -0.4 is 10.6 Å². The minimum absolute atomic E-state index is 0.485. The molecule has 84 valence electrons. The highest BCUT2D eigenvalue weighted by atomic mass is 15.5. The molecule has 1 fully saturated rings. The molecular formula is C9H18N6. The number of rotatable bonds is 5. The molecule has 0 bridgehead atoms. The zero-order valence-electron chi connectivity index (χ0n) is 9.03. The first-order valence-electron chi connectivity index (χ1n) is 5.53. The van der Waals surface area contributed by atoms with Crippen LogP contribution in [0.15, 0.2) is 0 Å². The van der Waals surface area contributed by atoms with Gasteiger partial charge in [0.2, 0.25) is 0 Å². The van der Waals surface area contributed by atoms with E-state index in [0.717, 1.165) is 12.2 Å². The fourth-order valence-electron chi connectivity index (χ4n) is 1.99. The van der Waals surface area contributed by atoms with Crippen molar-refractivity contribution in [3.63, 3.8) is 0 Å². The molecule has 2 heterocycles. The van der Waals surface area contributed by atoms with E-state index in [4.69, 9.17) is 0 Å². The van der Waals surface area contributed by atoms with Crippen molar-refractivity contribution in [2.45, 2.75) is 44.8 Å². The molecule has 2 atom stereocenters. The van der Waals surface area contributed by atoms with E-state index in [9.17, 15) is 0 Å². The van der Waals surface area contributed by atoms with E-state index >= 15 is 0 Å². The molecule has 0 radical (unpaired) electrons. The van der Waals surface area contributed by atoms with E-state index in [1.165, 1.54) is 19.4 Å². The highest BCUT2D eigenvalue weighted by Crippen LogP contribution is 2.10. The van der Waals surface area contributed by atoms with Crippen LogP contribution in [0.3, 0.4) is 0 Å². The SMILES string of the molecule is CC(CC1CCCN1)NCc1nn[nH]n1. The molecule has 2 rings (SSSR count). The molecule has 1 aromatic heterocycles. The number of hydrogen-bond donors (Lipinski definition) is 3. The molecule has 15 heavy (non-hydrogen) atoms. The van der Waals surface area contributed by atoms with Crippen LogP contribution in [0.25, 0.3) is 0 Å². The maximum Gasteiger partial charge on any atom is 0.188 e. The van der Waals surface area contributed by atoms with Crippen LogP contribution in [-0.2, 0) is 6.54 Å². The third kappa shape index (κ3) is 3.24. The fraction of sp³-hybridized carbons (Fsp3) is 0.889. The van der Waals surface area contributed by atoms with Gasteiger partial charge in [-0.05, 0) is 32.7 Å². The summed E-state index contributed by atoms with van der Waals surface area (Å²) >= 11 is 0. The third-order valence-corrected chi connectivity index (χ3v) is 2.80. The molecule has 1 aliphatic heterocycles. The lowest BCUT2D eigenvalue weighted by atomic mass is 10.1. The van der Waals surface area contributed by atoms with Crippen molar-refractivity contribution < 1.29 is 0 Å². The maximum absolute atomic E-state index is 3.89. The van der Waals surface area contributed by atoms with E-state index < -0.39 is 0 Å². The van der Waals surface area contributed by atoms with Gasteiger partial charge in [-0.3, -0.25) is 0 Å².